The summed E-state index contributed by atoms with van der Waals surface area (Å²) in [4.78, 5) is 0. The minimum Gasteiger partial charge on any atom is -0.316 e. The highest BCUT2D eigenvalue weighted by atomic mass is 14.9. The van der Waals surface area contributed by atoms with Gasteiger partial charge in [-0.05, 0) is 30.4 Å². The molecule has 0 saturated carbocycles. The van der Waals surface area contributed by atoms with Crippen molar-refractivity contribution in [2.24, 2.45) is 5.92 Å². The molecule has 1 aliphatic rings. The molecular weight excluding hydrogens is 182 g/mol. The number of hydrogen-bond acceptors (Lipinski definition) is 1. The predicted molar refractivity (Wildman–Crippen MR) is 67.2 cm³/mol. The van der Waals surface area contributed by atoms with Crippen LogP contribution >= 0.6 is 0 Å². The van der Waals surface area contributed by atoms with Gasteiger partial charge in [-0.15, -0.1) is 0 Å². The van der Waals surface area contributed by atoms with Crippen molar-refractivity contribution in [2.75, 3.05) is 13.1 Å². The molecule has 1 aromatic carbocycles. The lowest BCUT2D eigenvalue weighted by Crippen LogP contribution is -2.33. The van der Waals surface area contributed by atoms with Crippen LogP contribution in [0.5, 0.6) is 0 Å². The zero-order valence-electron chi connectivity index (χ0n) is 10.2. The first kappa shape index (κ1) is 12.3. The molecule has 1 fully saturated rings. The zero-order valence-corrected chi connectivity index (χ0v) is 10.2. The fourth-order valence-corrected chi connectivity index (χ4v) is 2.14. The molecule has 0 aliphatic carbocycles. The molecule has 1 heterocycles. The normalized spacial score (nSPS) is 25.3. The van der Waals surface area contributed by atoms with Crippen LogP contribution in [0.15, 0.2) is 30.3 Å². The fourth-order valence-electron chi connectivity index (χ4n) is 2.14. The average Bonchev–Trinajstić information content (AvgIpc) is 2.33. The van der Waals surface area contributed by atoms with Crippen molar-refractivity contribution >= 4 is 0 Å². The molecular formula is C14H23N. The SMILES string of the molecule is CC.CC1CNCC(c2ccccc2)C1. The van der Waals surface area contributed by atoms with Gasteiger partial charge in [0, 0.05) is 6.54 Å². The molecule has 2 unspecified atom stereocenters. The van der Waals surface area contributed by atoms with E-state index in [1.165, 1.54) is 18.5 Å². The van der Waals surface area contributed by atoms with Gasteiger partial charge >= 0.3 is 0 Å². The van der Waals surface area contributed by atoms with Gasteiger partial charge in [-0.2, -0.15) is 0 Å². The van der Waals surface area contributed by atoms with Gasteiger partial charge in [-0.1, -0.05) is 51.1 Å². The van der Waals surface area contributed by atoms with E-state index < -0.39 is 0 Å². The van der Waals surface area contributed by atoms with E-state index in [1.807, 2.05) is 13.8 Å². The van der Waals surface area contributed by atoms with Crippen LogP contribution in [-0.2, 0) is 0 Å². The van der Waals surface area contributed by atoms with E-state index in [1.54, 1.807) is 0 Å². The fraction of sp³-hybridized carbons (Fsp3) is 0.571. The molecule has 0 amide bonds. The summed E-state index contributed by atoms with van der Waals surface area (Å²) >= 11 is 0. The van der Waals surface area contributed by atoms with Gasteiger partial charge in [-0.3, -0.25) is 0 Å². The highest BCUT2D eigenvalue weighted by molar-refractivity contribution is 5.20. The number of hydrogen-bond donors (Lipinski definition) is 1. The number of piperidine rings is 1. The molecule has 1 aromatic rings. The summed E-state index contributed by atoms with van der Waals surface area (Å²) in [5.74, 6) is 1.55. The minimum atomic E-state index is 0.727. The Morgan fingerprint density at radius 1 is 1.07 bits per heavy atom. The summed E-state index contributed by atoms with van der Waals surface area (Å²) in [5, 5.41) is 3.48. The van der Waals surface area contributed by atoms with Crippen molar-refractivity contribution in [1.82, 2.24) is 5.32 Å². The summed E-state index contributed by atoms with van der Waals surface area (Å²) in [6.07, 6.45) is 1.33. The molecule has 2 rings (SSSR count). The van der Waals surface area contributed by atoms with Crippen molar-refractivity contribution < 1.29 is 0 Å². The maximum absolute atomic E-state index is 3.48. The van der Waals surface area contributed by atoms with Crippen molar-refractivity contribution in [1.29, 1.82) is 0 Å². The summed E-state index contributed by atoms with van der Waals surface area (Å²) in [5.41, 5.74) is 1.49. The molecule has 1 aliphatic heterocycles. The van der Waals surface area contributed by atoms with Crippen LogP contribution in [0, 0.1) is 5.92 Å². The Labute approximate surface area is 93.9 Å². The second kappa shape index (κ2) is 6.62. The van der Waals surface area contributed by atoms with E-state index >= 15 is 0 Å². The topological polar surface area (TPSA) is 12.0 Å². The number of benzene rings is 1. The first-order valence-electron chi connectivity index (χ1n) is 6.12. The molecule has 1 heteroatoms. The number of rotatable bonds is 1. The van der Waals surface area contributed by atoms with Gasteiger partial charge in [0.05, 0.1) is 0 Å². The predicted octanol–water partition coefficient (Wildman–Crippen LogP) is 3.43. The number of nitrogens with one attached hydrogen (secondary N) is 1. The first-order valence-corrected chi connectivity index (χ1v) is 6.12. The van der Waals surface area contributed by atoms with Crippen molar-refractivity contribution in [2.45, 2.75) is 33.1 Å². The Balaban J connectivity index is 0.000000531. The summed E-state index contributed by atoms with van der Waals surface area (Å²) in [6.45, 7) is 8.65. The first-order chi connectivity index (χ1) is 7.36. The molecule has 1 saturated heterocycles. The van der Waals surface area contributed by atoms with Crippen LogP contribution < -0.4 is 5.32 Å². The lowest BCUT2D eigenvalue weighted by Gasteiger charge is -2.27. The molecule has 0 radical (unpaired) electrons. The van der Waals surface area contributed by atoms with Crippen LogP contribution in [0.1, 0.15) is 38.7 Å². The lowest BCUT2D eigenvalue weighted by molar-refractivity contribution is 0.364. The molecule has 1 N–H and O–H groups in total. The summed E-state index contributed by atoms with van der Waals surface area (Å²) in [7, 11) is 0. The maximum Gasteiger partial charge on any atom is 0.00203 e. The summed E-state index contributed by atoms with van der Waals surface area (Å²) < 4.78 is 0. The van der Waals surface area contributed by atoms with Crippen LogP contribution in [-0.4, -0.2) is 13.1 Å². The second-order valence-corrected chi connectivity index (χ2v) is 4.11. The summed E-state index contributed by atoms with van der Waals surface area (Å²) in [6, 6.07) is 10.8. The van der Waals surface area contributed by atoms with E-state index in [0.717, 1.165) is 18.4 Å². The Kier molecular flexibility index (Phi) is 5.41. The van der Waals surface area contributed by atoms with E-state index in [2.05, 4.69) is 42.6 Å². The van der Waals surface area contributed by atoms with Gasteiger partial charge in [0.1, 0.15) is 0 Å². The molecule has 84 valence electrons. The molecule has 15 heavy (non-hydrogen) atoms. The third-order valence-corrected chi connectivity index (χ3v) is 2.84. The molecule has 0 aromatic heterocycles. The monoisotopic (exact) mass is 205 g/mol. The Morgan fingerprint density at radius 3 is 2.33 bits per heavy atom. The van der Waals surface area contributed by atoms with E-state index in [4.69, 9.17) is 0 Å². The van der Waals surface area contributed by atoms with Gasteiger partial charge in [0.2, 0.25) is 0 Å². The van der Waals surface area contributed by atoms with Crippen LogP contribution in [0.3, 0.4) is 0 Å². The third-order valence-electron chi connectivity index (χ3n) is 2.84. The maximum atomic E-state index is 3.48. The van der Waals surface area contributed by atoms with Gasteiger partial charge < -0.3 is 5.32 Å². The lowest BCUT2D eigenvalue weighted by atomic mass is 9.87. The second-order valence-electron chi connectivity index (χ2n) is 4.11. The van der Waals surface area contributed by atoms with E-state index in [9.17, 15) is 0 Å². The molecule has 1 nitrogen and oxygen atoms in total. The van der Waals surface area contributed by atoms with E-state index in [0.29, 0.717) is 0 Å². The standard InChI is InChI=1S/C12H17N.C2H6/c1-10-7-12(9-13-8-10)11-5-3-2-4-6-11;1-2/h2-6,10,12-13H,7-9H2,1H3;1-2H3. The molecule has 0 spiro atoms. The highest BCUT2D eigenvalue weighted by Crippen LogP contribution is 2.25. The van der Waals surface area contributed by atoms with Crippen LogP contribution in [0.25, 0.3) is 0 Å². The Hall–Kier alpha value is -0.820. The zero-order chi connectivity index (χ0) is 11.1. The van der Waals surface area contributed by atoms with Crippen molar-refractivity contribution in [3.8, 4) is 0 Å². The average molecular weight is 205 g/mol. The minimum absolute atomic E-state index is 0.727. The van der Waals surface area contributed by atoms with Crippen LogP contribution in [0.4, 0.5) is 0 Å². The third kappa shape index (κ3) is 3.67. The Morgan fingerprint density at radius 2 is 1.73 bits per heavy atom. The van der Waals surface area contributed by atoms with E-state index in [-0.39, 0.29) is 0 Å². The van der Waals surface area contributed by atoms with Gasteiger partial charge in [0.25, 0.3) is 0 Å². The molecule has 2 atom stereocenters. The highest BCUT2D eigenvalue weighted by Gasteiger charge is 2.19. The van der Waals surface area contributed by atoms with Crippen molar-refractivity contribution in [3.63, 3.8) is 0 Å². The molecule has 0 bridgehead atoms. The van der Waals surface area contributed by atoms with Crippen LogP contribution in [0.2, 0.25) is 0 Å². The largest absolute Gasteiger partial charge is 0.316 e. The Bertz CT molecular complexity index is 255. The van der Waals surface area contributed by atoms with Gasteiger partial charge in [-0.25, -0.2) is 0 Å². The van der Waals surface area contributed by atoms with Gasteiger partial charge in [0.15, 0.2) is 0 Å². The quantitative estimate of drug-likeness (QED) is 0.740. The smallest absolute Gasteiger partial charge is 0.00203 e. The van der Waals surface area contributed by atoms with Crippen molar-refractivity contribution in [3.05, 3.63) is 35.9 Å².